The molecule has 0 radical (unpaired) electrons. The third kappa shape index (κ3) is 70.9. The van der Waals surface area contributed by atoms with Gasteiger partial charge in [0.2, 0.25) is 0 Å². The molecule has 0 amide bonds. The molecule has 0 atom stereocenters. The van der Waals surface area contributed by atoms with Crippen LogP contribution < -0.4 is 5.73 Å². The molecule has 3 heteroatoms. The predicted octanol–water partition coefficient (Wildman–Crippen LogP) is -0.126. The van der Waals surface area contributed by atoms with Gasteiger partial charge in [-0.2, -0.15) is 12.6 Å². The molecule has 0 rings (SSSR count). The van der Waals surface area contributed by atoms with Crippen LogP contribution in [0.4, 0.5) is 0 Å². The van der Waals surface area contributed by atoms with Crippen LogP contribution in [-0.4, -0.2) is 24.0 Å². The number of rotatable bonds is 1. The molecule has 2 nitrogen and oxygen atoms in total. The van der Waals surface area contributed by atoms with Gasteiger partial charge in [-0.3, -0.25) is 0 Å². The minimum atomic E-state index is 0.184. The number of nitrogens with two attached hydrogens (primary N) is 1. The van der Waals surface area contributed by atoms with Gasteiger partial charge in [0.05, 0.1) is 6.61 Å². The highest BCUT2D eigenvalue weighted by molar-refractivity contribution is 7.80. The first-order chi connectivity index (χ1) is 3.33. The van der Waals surface area contributed by atoms with Crippen LogP contribution in [0.1, 0.15) is 6.92 Å². The number of aliphatic hydroxyl groups excluding tert-OH is 1. The number of thiol groups is 1. The normalized spacial score (nSPS) is 6.86. The summed E-state index contributed by atoms with van der Waals surface area (Å²) in [6.07, 6.45) is 0. The van der Waals surface area contributed by atoms with Crippen molar-refractivity contribution in [2.75, 3.05) is 18.9 Å². The second kappa shape index (κ2) is 16.3. The van der Waals surface area contributed by atoms with Crippen LogP contribution in [0.3, 0.4) is 0 Å². The van der Waals surface area contributed by atoms with E-state index in [0.29, 0.717) is 5.75 Å². The first-order valence-electron chi connectivity index (χ1n) is 2.25. The van der Waals surface area contributed by atoms with Gasteiger partial charge >= 0.3 is 0 Å². The quantitative estimate of drug-likeness (QED) is 0.425. The third-order valence-corrected chi connectivity index (χ3v) is 0.300. The Morgan fingerprint density at radius 3 is 1.86 bits per heavy atom. The fraction of sp³-hybridized carbons (Fsp3) is 1.00. The summed E-state index contributed by atoms with van der Waals surface area (Å²) in [6, 6.07) is 0. The minimum absolute atomic E-state index is 0.184. The van der Waals surface area contributed by atoms with E-state index < -0.39 is 0 Å². The van der Waals surface area contributed by atoms with Crippen LogP contribution >= 0.6 is 12.6 Å². The van der Waals surface area contributed by atoms with Crippen LogP contribution in [0.25, 0.3) is 0 Å². The number of aliphatic hydroxyl groups is 1. The van der Waals surface area contributed by atoms with E-state index in [1.54, 1.807) is 0 Å². The Morgan fingerprint density at radius 2 is 1.86 bits per heavy atom. The largest absolute Gasteiger partial charge is 0.396 e. The lowest BCUT2D eigenvalue weighted by molar-refractivity contribution is 0.323. The third-order valence-electron chi connectivity index (χ3n) is 0.1000. The minimum Gasteiger partial charge on any atom is -0.396 e. The van der Waals surface area contributed by atoms with Crippen LogP contribution in [0.15, 0.2) is 0 Å². The van der Waals surface area contributed by atoms with Gasteiger partial charge in [-0.25, -0.2) is 0 Å². The summed E-state index contributed by atoms with van der Waals surface area (Å²) < 4.78 is 0. The van der Waals surface area contributed by atoms with E-state index in [4.69, 9.17) is 10.8 Å². The maximum atomic E-state index is 7.80. The van der Waals surface area contributed by atoms with Crippen LogP contribution in [0.2, 0.25) is 0 Å². The molecule has 0 aliphatic rings. The molecule has 0 aromatic heterocycles. The average molecular weight is 123 g/mol. The fourth-order valence-corrected chi connectivity index (χ4v) is 0. The second-order valence-electron chi connectivity index (χ2n) is 0.855. The van der Waals surface area contributed by atoms with Gasteiger partial charge < -0.3 is 10.8 Å². The molecule has 0 aromatic rings. The Hall–Kier alpha value is 0.270. The number of hydrogen-bond donors (Lipinski definition) is 3. The van der Waals surface area contributed by atoms with E-state index in [2.05, 4.69) is 12.6 Å². The molecule has 3 N–H and O–H groups in total. The molecule has 0 bridgehead atoms. The summed E-state index contributed by atoms with van der Waals surface area (Å²) in [6.45, 7) is 2.84. The Bertz CT molecular complexity index is 19.2. The average Bonchev–Trinajstić information content (AvgIpc) is 1.69. The zero-order valence-corrected chi connectivity index (χ0v) is 5.49. The molecule has 7 heavy (non-hydrogen) atoms. The van der Waals surface area contributed by atoms with Crippen molar-refractivity contribution < 1.29 is 5.11 Å². The van der Waals surface area contributed by atoms with Gasteiger partial charge in [0.15, 0.2) is 0 Å². The molecule has 0 spiro atoms. The SMILES string of the molecule is CCN.OCCS. The Balaban J connectivity index is 0. The lowest BCUT2D eigenvalue weighted by atomic mass is 10.8. The van der Waals surface area contributed by atoms with Crippen molar-refractivity contribution in [1.29, 1.82) is 0 Å². The molecule has 46 valence electrons. The van der Waals surface area contributed by atoms with E-state index in [-0.39, 0.29) is 6.61 Å². The molecular weight excluding hydrogens is 110 g/mol. The zero-order valence-electron chi connectivity index (χ0n) is 4.59. The lowest BCUT2D eigenvalue weighted by Gasteiger charge is -1.69. The molecule has 0 aliphatic heterocycles. The highest BCUT2D eigenvalue weighted by Crippen LogP contribution is 1.61. The predicted molar refractivity (Wildman–Crippen MR) is 35.7 cm³/mol. The van der Waals surface area contributed by atoms with E-state index in [1.165, 1.54) is 0 Å². The second-order valence-corrected chi connectivity index (χ2v) is 1.30. The summed E-state index contributed by atoms with van der Waals surface area (Å²) in [5.74, 6) is 0.569. The standard InChI is InChI=1S/C2H7N.C2H6OS/c1-2-3;3-1-2-4/h2-3H2,1H3;3-4H,1-2H2. The van der Waals surface area contributed by atoms with Crippen molar-refractivity contribution >= 4 is 12.6 Å². The molecule has 0 unspecified atom stereocenters. The highest BCUT2D eigenvalue weighted by Gasteiger charge is 1.57. The molecule has 0 saturated heterocycles. The van der Waals surface area contributed by atoms with E-state index in [1.807, 2.05) is 6.92 Å². The van der Waals surface area contributed by atoms with Crippen molar-refractivity contribution in [2.24, 2.45) is 5.73 Å². The molecule has 0 heterocycles. The first-order valence-corrected chi connectivity index (χ1v) is 2.88. The lowest BCUT2D eigenvalue weighted by Crippen LogP contribution is -1.87. The topological polar surface area (TPSA) is 46.2 Å². The molecule has 0 aliphatic carbocycles. The molecule has 0 saturated carbocycles. The summed E-state index contributed by atoms with van der Waals surface area (Å²) in [7, 11) is 0. The summed E-state index contributed by atoms with van der Waals surface area (Å²) in [5.41, 5.74) is 4.85. The summed E-state index contributed by atoms with van der Waals surface area (Å²) in [4.78, 5) is 0. The van der Waals surface area contributed by atoms with Crippen molar-refractivity contribution in [3.8, 4) is 0 Å². The Morgan fingerprint density at radius 1 is 1.71 bits per heavy atom. The van der Waals surface area contributed by atoms with E-state index in [0.717, 1.165) is 6.54 Å². The van der Waals surface area contributed by atoms with Gasteiger partial charge in [0.25, 0.3) is 0 Å². The van der Waals surface area contributed by atoms with Crippen molar-refractivity contribution in [3.63, 3.8) is 0 Å². The van der Waals surface area contributed by atoms with Gasteiger partial charge in [-0.15, -0.1) is 0 Å². The van der Waals surface area contributed by atoms with Crippen LogP contribution in [0.5, 0.6) is 0 Å². The van der Waals surface area contributed by atoms with Gasteiger partial charge in [0.1, 0.15) is 0 Å². The fourth-order valence-electron chi connectivity index (χ4n) is 0. The Kier molecular flexibility index (Phi) is 23.9. The maximum absolute atomic E-state index is 7.80. The van der Waals surface area contributed by atoms with E-state index in [9.17, 15) is 0 Å². The van der Waals surface area contributed by atoms with E-state index >= 15 is 0 Å². The van der Waals surface area contributed by atoms with Gasteiger partial charge in [-0.05, 0) is 6.54 Å². The van der Waals surface area contributed by atoms with Gasteiger partial charge in [-0.1, -0.05) is 6.92 Å². The highest BCUT2D eigenvalue weighted by atomic mass is 32.1. The summed E-state index contributed by atoms with van der Waals surface area (Å²) >= 11 is 3.67. The van der Waals surface area contributed by atoms with Crippen molar-refractivity contribution in [3.05, 3.63) is 0 Å². The number of hydrogen-bond acceptors (Lipinski definition) is 3. The summed E-state index contributed by atoms with van der Waals surface area (Å²) in [5, 5.41) is 7.80. The maximum Gasteiger partial charge on any atom is 0.0519 e. The Labute approximate surface area is 50.1 Å². The zero-order chi connectivity index (χ0) is 6.12. The van der Waals surface area contributed by atoms with Crippen molar-refractivity contribution in [2.45, 2.75) is 6.92 Å². The monoisotopic (exact) mass is 123 g/mol. The molecule has 0 fully saturated rings. The molecule has 0 aromatic carbocycles. The van der Waals surface area contributed by atoms with Crippen LogP contribution in [0, 0.1) is 0 Å². The van der Waals surface area contributed by atoms with Crippen LogP contribution in [-0.2, 0) is 0 Å². The smallest absolute Gasteiger partial charge is 0.0519 e. The molecular formula is C4H13NOS. The first kappa shape index (κ1) is 10.3. The van der Waals surface area contributed by atoms with Crippen molar-refractivity contribution in [1.82, 2.24) is 0 Å². The van der Waals surface area contributed by atoms with Gasteiger partial charge in [0, 0.05) is 5.75 Å².